The van der Waals surface area contributed by atoms with E-state index in [9.17, 15) is 22.8 Å². The van der Waals surface area contributed by atoms with Crippen LogP contribution in [0, 0.1) is 5.92 Å². The van der Waals surface area contributed by atoms with Crippen molar-refractivity contribution in [3.63, 3.8) is 0 Å². The molecular formula is C17H25F3N4O3. The monoisotopic (exact) mass is 390 g/mol. The van der Waals surface area contributed by atoms with Gasteiger partial charge in [-0.2, -0.15) is 13.2 Å². The number of furan rings is 1. The van der Waals surface area contributed by atoms with E-state index >= 15 is 0 Å². The summed E-state index contributed by atoms with van der Waals surface area (Å²) in [7, 11) is 0. The number of nitrogens with zero attached hydrogens (tertiary/aromatic N) is 1. The minimum absolute atomic E-state index is 0.0300. The molecule has 0 radical (unpaired) electrons. The Hall–Kier alpha value is -2.07. The molecule has 1 aliphatic heterocycles. The first-order chi connectivity index (χ1) is 12.7. The van der Waals surface area contributed by atoms with Gasteiger partial charge >= 0.3 is 6.18 Å². The highest BCUT2D eigenvalue weighted by Gasteiger charge is 2.44. The highest BCUT2D eigenvalue weighted by atomic mass is 19.4. The maximum Gasteiger partial charge on any atom is 0.405 e. The van der Waals surface area contributed by atoms with E-state index in [-0.39, 0.29) is 24.8 Å². The number of piperazine rings is 1. The van der Waals surface area contributed by atoms with Crippen molar-refractivity contribution in [2.24, 2.45) is 5.92 Å². The van der Waals surface area contributed by atoms with Crippen LogP contribution in [0.4, 0.5) is 13.2 Å². The summed E-state index contributed by atoms with van der Waals surface area (Å²) in [6.45, 7) is 4.27. The van der Waals surface area contributed by atoms with Crippen LogP contribution in [0.2, 0.25) is 0 Å². The number of halogens is 3. The fraction of sp³-hybridized carbons (Fsp3) is 0.647. The van der Waals surface area contributed by atoms with Gasteiger partial charge in [0.1, 0.15) is 12.1 Å². The summed E-state index contributed by atoms with van der Waals surface area (Å²) in [6, 6.07) is 0.229. The van der Waals surface area contributed by atoms with Gasteiger partial charge in [0.2, 0.25) is 5.91 Å². The number of carbonyl (C=O) groups excluding carboxylic acids is 2. The second kappa shape index (κ2) is 9.23. The Kier molecular flexibility index (Phi) is 7.25. The molecule has 7 nitrogen and oxygen atoms in total. The van der Waals surface area contributed by atoms with Crippen molar-refractivity contribution >= 4 is 11.8 Å². The molecule has 0 spiro atoms. The smallest absolute Gasteiger partial charge is 0.405 e. The third-order valence-corrected chi connectivity index (χ3v) is 4.42. The Morgan fingerprint density at radius 2 is 1.96 bits per heavy atom. The van der Waals surface area contributed by atoms with Crippen molar-refractivity contribution in [1.29, 1.82) is 0 Å². The summed E-state index contributed by atoms with van der Waals surface area (Å²) in [6.07, 6.45) is -3.14. The average molecular weight is 390 g/mol. The van der Waals surface area contributed by atoms with Crippen molar-refractivity contribution in [3.05, 3.63) is 24.2 Å². The number of carbonyl (C=O) groups is 2. The van der Waals surface area contributed by atoms with E-state index in [0.29, 0.717) is 13.1 Å². The van der Waals surface area contributed by atoms with Crippen molar-refractivity contribution in [2.75, 3.05) is 32.7 Å². The first-order valence-corrected chi connectivity index (χ1v) is 8.83. The minimum atomic E-state index is -4.46. The summed E-state index contributed by atoms with van der Waals surface area (Å²) >= 11 is 0. The molecule has 0 aromatic carbocycles. The predicted octanol–water partition coefficient (Wildman–Crippen LogP) is 0.986. The highest BCUT2D eigenvalue weighted by Crippen LogP contribution is 2.24. The fourth-order valence-electron chi connectivity index (χ4n) is 2.91. The molecule has 0 bridgehead atoms. The van der Waals surface area contributed by atoms with Crippen molar-refractivity contribution in [1.82, 2.24) is 20.9 Å². The molecule has 1 aromatic heterocycles. The number of alkyl halides is 3. The topological polar surface area (TPSA) is 86.6 Å². The lowest BCUT2D eigenvalue weighted by molar-refractivity contribution is -0.184. The molecule has 3 N–H and O–H groups in total. The van der Waals surface area contributed by atoms with E-state index in [0.717, 1.165) is 0 Å². The number of hydrogen-bond donors (Lipinski definition) is 3. The van der Waals surface area contributed by atoms with Crippen LogP contribution in [0.25, 0.3) is 0 Å². The lowest BCUT2D eigenvalue weighted by Gasteiger charge is -2.36. The van der Waals surface area contributed by atoms with Gasteiger partial charge in [0.15, 0.2) is 5.76 Å². The maximum absolute atomic E-state index is 13.4. The van der Waals surface area contributed by atoms with E-state index in [1.807, 2.05) is 0 Å². The molecule has 2 rings (SSSR count). The van der Waals surface area contributed by atoms with Gasteiger partial charge in [-0.15, -0.1) is 0 Å². The molecule has 0 saturated carbocycles. The lowest BCUT2D eigenvalue weighted by atomic mass is 10.0. The first kappa shape index (κ1) is 21.2. The standard InChI is InChI=1S/C17H25F3N4O3/c1-11(2)14(23-15(25)12-4-3-9-27-12)16(26)22-10-13(17(18,19)20)24-7-5-21-6-8-24/h3-4,9,11,13-14,21H,5-8,10H2,1-2H3,(H,22,26)(H,23,25). The molecule has 1 saturated heterocycles. The number of rotatable bonds is 7. The van der Waals surface area contributed by atoms with E-state index in [1.165, 1.54) is 23.3 Å². The van der Waals surface area contributed by atoms with Gasteiger partial charge in [-0.05, 0) is 18.1 Å². The Bertz CT molecular complexity index is 613. The van der Waals surface area contributed by atoms with Crippen LogP contribution in [0.15, 0.2) is 22.8 Å². The van der Waals surface area contributed by atoms with Gasteiger partial charge in [0.25, 0.3) is 5.91 Å². The largest absolute Gasteiger partial charge is 0.459 e. The molecule has 1 aliphatic rings. The molecule has 27 heavy (non-hydrogen) atoms. The van der Waals surface area contributed by atoms with Gasteiger partial charge in [-0.3, -0.25) is 14.5 Å². The van der Waals surface area contributed by atoms with Crippen LogP contribution in [-0.4, -0.2) is 67.7 Å². The molecular weight excluding hydrogens is 365 g/mol. The van der Waals surface area contributed by atoms with Crippen LogP contribution in [0.5, 0.6) is 0 Å². The van der Waals surface area contributed by atoms with Crippen LogP contribution in [0.3, 0.4) is 0 Å². The molecule has 2 amide bonds. The second-order valence-corrected chi connectivity index (χ2v) is 6.76. The van der Waals surface area contributed by atoms with Gasteiger partial charge in [-0.1, -0.05) is 13.8 Å². The van der Waals surface area contributed by atoms with Gasteiger partial charge < -0.3 is 20.4 Å². The molecule has 10 heteroatoms. The molecule has 0 aliphatic carbocycles. The lowest BCUT2D eigenvalue weighted by Crippen LogP contribution is -2.59. The number of nitrogens with one attached hydrogen (secondary N) is 3. The third kappa shape index (κ3) is 5.96. The van der Waals surface area contributed by atoms with Gasteiger partial charge in [0.05, 0.1) is 6.26 Å². The fourth-order valence-corrected chi connectivity index (χ4v) is 2.91. The maximum atomic E-state index is 13.4. The molecule has 2 unspecified atom stereocenters. The predicted molar refractivity (Wildman–Crippen MR) is 92.1 cm³/mol. The van der Waals surface area contributed by atoms with Crippen molar-refractivity contribution in [2.45, 2.75) is 32.1 Å². The summed E-state index contributed by atoms with van der Waals surface area (Å²) in [5, 5.41) is 7.86. The molecule has 1 fully saturated rings. The Labute approximate surface area is 155 Å². The van der Waals surface area contributed by atoms with Crippen LogP contribution < -0.4 is 16.0 Å². The van der Waals surface area contributed by atoms with E-state index in [4.69, 9.17) is 4.42 Å². The summed E-state index contributed by atoms with van der Waals surface area (Å²) in [5.74, 6) is -1.53. The van der Waals surface area contributed by atoms with Crippen LogP contribution >= 0.6 is 0 Å². The zero-order valence-corrected chi connectivity index (χ0v) is 15.3. The average Bonchev–Trinajstić information content (AvgIpc) is 3.13. The third-order valence-electron chi connectivity index (χ3n) is 4.42. The van der Waals surface area contributed by atoms with Crippen LogP contribution in [-0.2, 0) is 4.79 Å². The SMILES string of the molecule is CC(C)C(NC(=O)c1ccco1)C(=O)NCC(N1CCNCC1)C(F)(F)F. The van der Waals surface area contributed by atoms with Gasteiger partial charge in [0, 0.05) is 32.7 Å². The first-order valence-electron chi connectivity index (χ1n) is 8.83. The van der Waals surface area contributed by atoms with Gasteiger partial charge in [-0.25, -0.2) is 0 Å². The van der Waals surface area contributed by atoms with E-state index in [1.54, 1.807) is 13.8 Å². The Morgan fingerprint density at radius 1 is 1.30 bits per heavy atom. The summed E-state index contributed by atoms with van der Waals surface area (Å²) in [5.41, 5.74) is 0. The molecule has 2 heterocycles. The number of hydrogen-bond acceptors (Lipinski definition) is 5. The summed E-state index contributed by atoms with van der Waals surface area (Å²) < 4.78 is 45.2. The Morgan fingerprint density at radius 3 is 2.48 bits per heavy atom. The minimum Gasteiger partial charge on any atom is -0.459 e. The zero-order chi connectivity index (χ0) is 20.0. The van der Waals surface area contributed by atoms with E-state index < -0.39 is 36.6 Å². The second-order valence-electron chi connectivity index (χ2n) is 6.76. The molecule has 2 atom stereocenters. The van der Waals surface area contributed by atoms with E-state index in [2.05, 4.69) is 16.0 Å². The van der Waals surface area contributed by atoms with Crippen LogP contribution in [0.1, 0.15) is 24.4 Å². The highest BCUT2D eigenvalue weighted by molar-refractivity contribution is 5.95. The van der Waals surface area contributed by atoms with Crippen molar-refractivity contribution < 1.29 is 27.2 Å². The summed E-state index contributed by atoms with van der Waals surface area (Å²) in [4.78, 5) is 25.8. The zero-order valence-electron chi connectivity index (χ0n) is 15.3. The quantitative estimate of drug-likeness (QED) is 0.646. The molecule has 152 valence electrons. The van der Waals surface area contributed by atoms with Crippen molar-refractivity contribution in [3.8, 4) is 0 Å². The molecule has 1 aromatic rings. The normalized spacial score (nSPS) is 18.1. The number of amides is 2. The Balaban J connectivity index is 1.99.